The van der Waals surface area contributed by atoms with Crippen LogP contribution >= 0.6 is 0 Å². The first-order chi connectivity index (χ1) is 15.3. The average molecular weight is 438 g/mol. The van der Waals surface area contributed by atoms with E-state index >= 15 is 0 Å². The lowest BCUT2D eigenvalue weighted by Crippen LogP contribution is -2.46. The van der Waals surface area contributed by atoms with Gasteiger partial charge < -0.3 is 14.7 Å². The largest absolute Gasteiger partial charge is 0.353 e. The van der Waals surface area contributed by atoms with Crippen LogP contribution < -0.4 is 4.90 Å². The highest BCUT2D eigenvalue weighted by Gasteiger charge is 2.25. The lowest BCUT2D eigenvalue weighted by Gasteiger charge is -2.29. The summed E-state index contributed by atoms with van der Waals surface area (Å²) in [5, 5.41) is 8.83. The van der Waals surface area contributed by atoms with E-state index in [1.54, 1.807) is 4.90 Å². The quantitative estimate of drug-likeness (QED) is 0.665. The van der Waals surface area contributed by atoms with Crippen molar-refractivity contribution in [1.29, 1.82) is 0 Å². The number of hydrogen-bond acceptors (Lipinski definition) is 5. The summed E-state index contributed by atoms with van der Waals surface area (Å²) in [5.74, 6) is 1.10. The predicted molar refractivity (Wildman–Crippen MR) is 127 cm³/mol. The molecule has 1 aromatic carbocycles. The van der Waals surface area contributed by atoms with Crippen molar-refractivity contribution in [2.75, 3.05) is 44.2 Å². The third-order valence-electron chi connectivity index (χ3n) is 5.61. The molecule has 0 spiro atoms. The first-order valence-electron chi connectivity index (χ1n) is 11.6. The standard InChI is InChI=1S/C25H35N5O2/c1-19(2)17-30(25(32)20(3)4)18-24(31)29-14-8-13-28(15-16-29)23-12-11-22(26-27-23)21-9-6-5-7-10-21/h5-7,9-12,19-20H,8,13-18H2,1-4H3. The minimum absolute atomic E-state index is 0.0204. The minimum atomic E-state index is -0.112. The van der Waals surface area contributed by atoms with E-state index in [0.717, 1.165) is 30.0 Å². The molecule has 2 aromatic rings. The Morgan fingerprint density at radius 1 is 0.938 bits per heavy atom. The van der Waals surface area contributed by atoms with E-state index in [4.69, 9.17) is 0 Å². The molecule has 2 amide bonds. The molecule has 1 aliphatic heterocycles. The Kier molecular flexibility index (Phi) is 8.20. The number of hydrogen-bond donors (Lipinski definition) is 0. The smallest absolute Gasteiger partial charge is 0.242 e. The summed E-state index contributed by atoms with van der Waals surface area (Å²) in [6.45, 7) is 11.5. The predicted octanol–water partition coefficient (Wildman–Crippen LogP) is 3.32. The van der Waals surface area contributed by atoms with Gasteiger partial charge in [-0.25, -0.2) is 0 Å². The summed E-state index contributed by atoms with van der Waals surface area (Å²) < 4.78 is 0. The van der Waals surface area contributed by atoms with E-state index in [0.29, 0.717) is 32.1 Å². The van der Waals surface area contributed by atoms with Crippen LogP contribution in [0.25, 0.3) is 11.3 Å². The van der Waals surface area contributed by atoms with Crippen LogP contribution in [0.1, 0.15) is 34.1 Å². The van der Waals surface area contributed by atoms with Crippen LogP contribution in [0.3, 0.4) is 0 Å². The summed E-state index contributed by atoms with van der Waals surface area (Å²) in [6, 6.07) is 14.0. The topological polar surface area (TPSA) is 69.6 Å². The van der Waals surface area contributed by atoms with Crippen molar-refractivity contribution in [2.24, 2.45) is 11.8 Å². The highest BCUT2D eigenvalue weighted by molar-refractivity contribution is 5.85. The van der Waals surface area contributed by atoms with Gasteiger partial charge in [0, 0.05) is 44.2 Å². The number of carbonyl (C=O) groups is 2. The molecule has 0 N–H and O–H groups in total. The lowest BCUT2D eigenvalue weighted by molar-refractivity contribution is -0.142. The number of anilines is 1. The molecule has 0 aliphatic carbocycles. The average Bonchev–Trinajstić information content (AvgIpc) is 3.05. The monoisotopic (exact) mass is 437 g/mol. The van der Waals surface area contributed by atoms with Gasteiger partial charge in [-0.2, -0.15) is 0 Å². The second-order valence-corrected chi connectivity index (χ2v) is 9.13. The summed E-state index contributed by atoms with van der Waals surface area (Å²) >= 11 is 0. The van der Waals surface area contributed by atoms with Crippen molar-refractivity contribution >= 4 is 17.6 Å². The van der Waals surface area contributed by atoms with Gasteiger partial charge in [0.1, 0.15) is 0 Å². The van der Waals surface area contributed by atoms with Gasteiger partial charge in [0.2, 0.25) is 11.8 Å². The maximum Gasteiger partial charge on any atom is 0.242 e. The molecule has 3 rings (SSSR count). The molecule has 7 nitrogen and oxygen atoms in total. The van der Waals surface area contributed by atoms with Gasteiger partial charge in [-0.3, -0.25) is 9.59 Å². The van der Waals surface area contributed by atoms with Crippen LogP contribution in [0.2, 0.25) is 0 Å². The zero-order valence-corrected chi connectivity index (χ0v) is 19.7. The summed E-state index contributed by atoms with van der Waals surface area (Å²) in [5.41, 5.74) is 1.89. The summed E-state index contributed by atoms with van der Waals surface area (Å²) in [6.07, 6.45) is 0.857. The van der Waals surface area contributed by atoms with Crippen LogP contribution in [-0.2, 0) is 9.59 Å². The van der Waals surface area contributed by atoms with Gasteiger partial charge >= 0.3 is 0 Å². The Bertz CT molecular complexity index is 883. The van der Waals surface area contributed by atoms with Crippen molar-refractivity contribution in [3.05, 3.63) is 42.5 Å². The minimum Gasteiger partial charge on any atom is -0.353 e. The second-order valence-electron chi connectivity index (χ2n) is 9.13. The molecule has 0 saturated carbocycles. The molecule has 1 aliphatic rings. The Morgan fingerprint density at radius 2 is 1.69 bits per heavy atom. The van der Waals surface area contributed by atoms with Gasteiger partial charge in [0.15, 0.2) is 5.82 Å². The van der Waals surface area contributed by atoms with E-state index in [2.05, 4.69) is 28.9 Å². The van der Waals surface area contributed by atoms with Gasteiger partial charge in [0.05, 0.1) is 12.2 Å². The van der Waals surface area contributed by atoms with Crippen LogP contribution in [0.5, 0.6) is 0 Å². The zero-order valence-electron chi connectivity index (χ0n) is 19.7. The molecule has 0 unspecified atom stereocenters. The molecule has 1 fully saturated rings. The van der Waals surface area contributed by atoms with E-state index < -0.39 is 0 Å². The second kappa shape index (κ2) is 11.1. The molecule has 2 heterocycles. The normalized spacial score (nSPS) is 14.6. The van der Waals surface area contributed by atoms with Crippen molar-refractivity contribution in [2.45, 2.75) is 34.1 Å². The van der Waals surface area contributed by atoms with Gasteiger partial charge in [0.25, 0.3) is 0 Å². The fourth-order valence-electron chi connectivity index (χ4n) is 3.95. The molecule has 0 atom stereocenters. The van der Waals surface area contributed by atoms with Crippen LogP contribution in [0, 0.1) is 11.8 Å². The van der Waals surface area contributed by atoms with Crippen LogP contribution in [0.4, 0.5) is 5.82 Å². The number of rotatable bonds is 7. The Morgan fingerprint density at radius 3 is 2.31 bits per heavy atom. The maximum atomic E-state index is 13.0. The van der Waals surface area contributed by atoms with E-state index in [9.17, 15) is 9.59 Å². The Labute approximate surface area is 191 Å². The van der Waals surface area contributed by atoms with Crippen LogP contribution in [0.15, 0.2) is 42.5 Å². The molecule has 32 heavy (non-hydrogen) atoms. The number of benzene rings is 1. The lowest BCUT2D eigenvalue weighted by atomic mass is 10.1. The van der Waals surface area contributed by atoms with Crippen molar-refractivity contribution in [3.63, 3.8) is 0 Å². The summed E-state index contributed by atoms with van der Waals surface area (Å²) in [7, 11) is 0. The highest BCUT2D eigenvalue weighted by Crippen LogP contribution is 2.19. The van der Waals surface area contributed by atoms with E-state index in [1.165, 1.54) is 0 Å². The third-order valence-corrected chi connectivity index (χ3v) is 5.61. The number of carbonyl (C=O) groups excluding carboxylic acids is 2. The molecule has 1 saturated heterocycles. The van der Waals surface area contributed by atoms with Crippen molar-refractivity contribution in [3.8, 4) is 11.3 Å². The molecular weight excluding hydrogens is 402 g/mol. The van der Waals surface area contributed by atoms with Crippen molar-refractivity contribution < 1.29 is 9.59 Å². The van der Waals surface area contributed by atoms with Gasteiger partial charge in [-0.05, 0) is 24.5 Å². The van der Waals surface area contributed by atoms with E-state index in [-0.39, 0.29) is 24.3 Å². The van der Waals surface area contributed by atoms with Crippen molar-refractivity contribution in [1.82, 2.24) is 20.0 Å². The molecular formula is C25H35N5O2. The molecule has 7 heteroatoms. The van der Waals surface area contributed by atoms with Crippen LogP contribution in [-0.4, -0.2) is 71.1 Å². The summed E-state index contributed by atoms with van der Waals surface area (Å²) in [4.78, 5) is 31.3. The number of amides is 2. The number of nitrogens with zero attached hydrogens (tertiary/aromatic N) is 5. The third kappa shape index (κ3) is 6.28. The first-order valence-corrected chi connectivity index (χ1v) is 11.6. The fraction of sp³-hybridized carbons (Fsp3) is 0.520. The van der Waals surface area contributed by atoms with Gasteiger partial charge in [-0.1, -0.05) is 58.0 Å². The highest BCUT2D eigenvalue weighted by atomic mass is 16.2. The Balaban J connectivity index is 1.60. The van der Waals surface area contributed by atoms with E-state index in [1.807, 2.05) is 61.2 Å². The van der Waals surface area contributed by atoms with Gasteiger partial charge in [-0.15, -0.1) is 10.2 Å². The fourth-order valence-corrected chi connectivity index (χ4v) is 3.95. The Hall–Kier alpha value is -2.96. The first kappa shape index (κ1) is 23.7. The molecule has 0 bridgehead atoms. The molecule has 1 aromatic heterocycles. The maximum absolute atomic E-state index is 13.0. The molecule has 172 valence electrons. The molecule has 0 radical (unpaired) electrons. The zero-order chi connectivity index (χ0) is 23.1. The number of aromatic nitrogens is 2. The SMILES string of the molecule is CC(C)CN(CC(=O)N1CCCN(c2ccc(-c3ccccc3)nn2)CC1)C(=O)C(C)C.